The first-order chi connectivity index (χ1) is 11.4. The molecule has 4 nitrogen and oxygen atoms in total. The van der Waals surface area contributed by atoms with Gasteiger partial charge < -0.3 is 4.74 Å². The molecule has 0 saturated carbocycles. The van der Waals surface area contributed by atoms with Crippen LogP contribution in [0.5, 0.6) is 0 Å². The smallest absolute Gasteiger partial charge is 0.243 e. The number of nitrogens with zero attached hydrogens (tertiary/aromatic N) is 1. The lowest BCUT2D eigenvalue weighted by atomic mass is 10.2. The number of hydrogen-bond acceptors (Lipinski definition) is 3. The molecule has 1 aliphatic rings. The highest BCUT2D eigenvalue weighted by molar-refractivity contribution is 7.89. The van der Waals surface area contributed by atoms with E-state index >= 15 is 0 Å². The van der Waals surface area contributed by atoms with Crippen molar-refractivity contribution in [1.82, 2.24) is 4.31 Å². The summed E-state index contributed by atoms with van der Waals surface area (Å²) in [6, 6.07) is 9.52. The minimum atomic E-state index is -3.74. The van der Waals surface area contributed by atoms with Crippen LogP contribution in [0.3, 0.4) is 0 Å². The van der Waals surface area contributed by atoms with E-state index in [4.69, 9.17) is 16.3 Å². The molecule has 2 aromatic rings. The molecule has 1 heterocycles. The van der Waals surface area contributed by atoms with Crippen LogP contribution >= 0.6 is 11.6 Å². The third kappa shape index (κ3) is 3.44. The van der Waals surface area contributed by atoms with Gasteiger partial charge in [0, 0.05) is 18.7 Å². The normalized spacial score (nSPS) is 16.1. The Balaban J connectivity index is 1.59. The zero-order valence-corrected chi connectivity index (χ0v) is 14.0. The van der Waals surface area contributed by atoms with Gasteiger partial charge in [0.05, 0.1) is 22.6 Å². The van der Waals surface area contributed by atoms with Crippen LogP contribution < -0.4 is 0 Å². The second-order valence-electron chi connectivity index (χ2n) is 5.42. The molecule has 0 bridgehead atoms. The van der Waals surface area contributed by atoms with Gasteiger partial charge in [-0.25, -0.2) is 17.2 Å². The summed E-state index contributed by atoms with van der Waals surface area (Å²) in [4.78, 5) is -0.0681. The van der Waals surface area contributed by atoms with Crippen molar-refractivity contribution in [3.63, 3.8) is 0 Å². The predicted molar refractivity (Wildman–Crippen MR) is 85.1 cm³/mol. The fourth-order valence-corrected chi connectivity index (χ4v) is 4.09. The molecule has 1 saturated heterocycles. The highest BCUT2D eigenvalue weighted by atomic mass is 35.5. The first-order valence-corrected chi connectivity index (χ1v) is 9.00. The van der Waals surface area contributed by atoms with E-state index in [9.17, 15) is 17.2 Å². The fourth-order valence-electron chi connectivity index (χ4n) is 2.31. The second-order valence-corrected chi connectivity index (χ2v) is 7.77. The van der Waals surface area contributed by atoms with Crippen molar-refractivity contribution in [3.05, 3.63) is 64.7 Å². The maximum atomic E-state index is 13.5. The van der Waals surface area contributed by atoms with Gasteiger partial charge in [-0.05, 0) is 24.3 Å². The van der Waals surface area contributed by atoms with Gasteiger partial charge in [0.15, 0.2) is 0 Å². The van der Waals surface area contributed by atoms with Gasteiger partial charge in [0.25, 0.3) is 0 Å². The van der Waals surface area contributed by atoms with E-state index < -0.39 is 15.8 Å². The molecule has 128 valence electrons. The van der Waals surface area contributed by atoms with E-state index in [2.05, 4.69) is 0 Å². The summed E-state index contributed by atoms with van der Waals surface area (Å²) in [7, 11) is -3.74. The maximum absolute atomic E-state index is 13.5. The van der Waals surface area contributed by atoms with Crippen molar-refractivity contribution >= 4 is 21.6 Å². The summed E-state index contributed by atoms with van der Waals surface area (Å²) in [6.07, 6.45) is -0.310. The van der Waals surface area contributed by atoms with Crippen molar-refractivity contribution in [2.24, 2.45) is 0 Å². The second kappa shape index (κ2) is 6.76. The van der Waals surface area contributed by atoms with Crippen LogP contribution in [0, 0.1) is 11.6 Å². The van der Waals surface area contributed by atoms with Gasteiger partial charge in [-0.3, -0.25) is 0 Å². The van der Waals surface area contributed by atoms with Gasteiger partial charge in [-0.1, -0.05) is 29.8 Å². The number of hydrogen-bond donors (Lipinski definition) is 0. The van der Waals surface area contributed by atoms with Crippen LogP contribution in [0.15, 0.2) is 47.4 Å². The Morgan fingerprint density at radius 3 is 2.50 bits per heavy atom. The quantitative estimate of drug-likeness (QED) is 0.808. The average Bonchev–Trinajstić information content (AvgIpc) is 2.50. The molecule has 0 spiro atoms. The van der Waals surface area contributed by atoms with Crippen LogP contribution in [-0.4, -0.2) is 31.9 Å². The molecule has 0 aromatic heterocycles. The Hall–Kier alpha value is -1.54. The molecule has 1 fully saturated rings. The SMILES string of the molecule is O=S(=O)(c1ccc(F)c(Cl)c1)N1CC(OCc2ccccc2F)C1. The third-order valence-electron chi connectivity index (χ3n) is 3.78. The number of ether oxygens (including phenoxy) is 1. The van der Waals surface area contributed by atoms with Gasteiger partial charge in [0.2, 0.25) is 10.0 Å². The summed E-state index contributed by atoms with van der Waals surface area (Å²) >= 11 is 5.63. The molecule has 1 aliphatic heterocycles. The molecule has 0 aliphatic carbocycles. The van der Waals surface area contributed by atoms with Gasteiger partial charge in [0.1, 0.15) is 11.6 Å². The lowest BCUT2D eigenvalue weighted by Gasteiger charge is -2.37. The summed E-state index contributed by atoms with van der Waals surface area (Å²) in [6.45, 7) is 0.394. The molecular weight excluding hydrogens is 360 g/mol. The first-order valence-electron chi connectivity index (χ1n) is 7.18. The Labute approximate surface area is 143 Å². The van der Waals surface area contributed by atoms with Crippen LogP contribution in [0.2, 0.25) is 5.02 Å². The van der Waals surface area contributed by atoms with E-state index in [0.717, 1.165) is 12.1 Å². The molecule has 3 rings (SSSR count). The zero-order valence-electron chi connectivity index (χ0n) is 12.5. The number of benzene rings is 2. The maximum Gasteiger partial charge on any atom is 0.243 e. The van der Waals surface area contributed by atoms with Crippen LogP contribution in [-0.2, 0) is 21.4 Å². The molecule has 2 aromatic carbocycles. The van der Waals surface area contributed by atoms with Gasteiger partial charge in [-0.15, -0.1) is 0 Å². The van der Waals surface area contributed by atoms with E-state index in [0.29, 0.717) is 5.56 Å². The van der Waals surface area contributed by atoms with E-state index in [1.807, 2.05) is 0 Å². The molecule has 0 amide bonds. The molecule has 0 atom stereocenters. The molecular formula is C16H14ClF2NO3S. The Bertz CT molecular complexity index is 854. The third-order valence-corrected chi connectivity index (χ3v) is 5.89. The topological polar surface area (TPSA) is 46.6 Å². The molecule has 8 heteroatoms. The monoisotopic (exact) mass is 373 g/mol. The van der Waals surface area contributed by atoms with Gasteiger partial charge >= 0.3 is 0 Å². The number of rotatable bonds is 5. The standard InChI is InChI=1S/C16H14ClF2NO3S/c17-14-7-13(5-6-16(14)19)24(21,22)20-8-12(9-20)23-10-11-3-1-2-4-15(11)18/h1-7,12H,8-10H2. The largest absolute Gasteiger partial charge is 0.371 e. The fraction of sp³-hybridized carbons (Fsp3) is 0.250. The highest BCUT2D eigenvalue weighted by Crippen LogP contribution is 2.26. The van der Waals surface area contributed by atoms with Crippen molar-refractivity contribution in [3.8, 4) is 0 Å². The van der Waals surface area contributed by atoms with Crippen molar-refractivity contribution in [2.45, 2.75) is 17.6 Å². The summed E-state index contributed by atoms with van der Waals surface area (Å²) in [5, 5.41) is -0.246. The van der Waals surface area contributed by atoms with E-state index in [-0.39, 0.29) is 41.5 Å². The van der Waals surface area contributed by atoms with Gasteiger partial charge in [-0.2, -0.15) is 4.31 Å². The first kappa shape index (κ1) is 17.3. The minimum Gasteiger partial charge on any atom is -0.371 e. The van der Waals surface area contributed by atoms with Crippen LogP contribution in [0.1, 0.15) is 5.56 Å². The summed E-state index contributed by atoms with van der Waals surface area (Å²) in [5.74, 6) is -1.03. The molecule has 0 unspecified atom stereocenters. The number of sulfonamides is 1. The Kier molecular flexibility index (Phi) is 4.87. The Morgan fingerprint density at radius 2 is 1.83 bits per heavy atom. The van der Waals surface area contributed by atoms with Crippen molar-refractivity contribution < 1.29 is 21.9 Å². The zero-order chi connectivity index (χ0) is 17.3. The van der Waals surface area contributed by atoms with E-state index in [1.54, 1.807) is 18.2 Å². The molecule has 24 heavy (non-hydrogen) atoms. The average molecular weight is 374 g/mol. The lowest BCUT2D eigenvalue weighted by Crippen LogP contribution is -2.54. The minimum absolute atomic E-state index is 0.0681. The van der Waals surface area contributed by atoms with E-state index in [1.165, 1.54) is 16.4 Å². The van der Waals surface area contributed by atoms with Crippen molar-refractivity contribution in [2.75, 3.05) is 13.1 Å². The van der Waals surface area contributed by atoms with Crippen LogP contribution in [0.4, 0.5) is 8.78 Å². The lowest BCUT2D eigenvalue weighted by molar-refractivity contribution is -0.0304. The summed E-state index contributed by atoms with van der Waals surface area (Å²) < 4.78 is 58.1. The number of halogens is 3. The molecule has 0 N–H and O–H groups in total. The predicted octanol–water partition coefficient (Wildman–Crippen LogP) is 3.21. The van der Waals surface area contributed by atoms with Crippen LogP contribution in [0.25, 0.3) is 0 Å². The Morgan fingerprint density at radius 1 is 1.12 bits per heavy atom. The highest BCUT2D eigenvalue weighted by Gasteiger charge is 2.37. The summed E-state index contributed by atoms with van der Waals surface area (Å²) in [5.41, 5.74) is 0.420. The van der Waals surface area contributed by atoms with Crippen molar-refractivity contribution in [1.29, 1.82) is 0 Å². The molecule has 0 radical (unpaired) electrons.